The molecular weight excluding hydrogens is 291 g/mol. The first-order valence-electron chi connectivity index (χ1n) is 4.82. The second-order valence-electron chi connectivity index (χ2n) is 3.48. The highest BCUT2D eigenvalue weighted by atomic mass is 79.9. The Morgan fingerprint density at radius 1 is 1.38 bits per heavy atom. The molecular formula is C12H10BrFOS. The molecule has 0 radical (unpaired) electrons. The fourth-order valence-corrected chi connectivity index (χ4v) is 2.91. The Labute approximate surface area is 106 Å². The van der Waals surface area contributed by atoms with Gasteiger partial charge in [-0.1, -0.05) is 18.2 Å². The van der Waals surface area contributed by atoms with E-state index in [0.29, 0.717) is 12.0 Å². The van der Waals surface area contributed by atoms with E-state index in [-0.39, 0.29) is 5.82 Å². The lowest BCUT2D eigenvalue weighted by Crippen LogP contribution is -2.01. The van der Waals surface area contributed by atoms with Crippen LogP contribution >= 0.6 is 27.3 Å². The molecule has 1 aromatic carbocycles. The lowest BCUT2D eigenvalue weighted by Gasteiger charge is -2.08. The van der Waals surface area contributed by atoms with Crippen molar-refractivity contribution in [1.29, 1.82) is 0 Å². The number of aliphatic hydroxyl groups excluding tert-OH is 1. The molecule has 16 heavy (non-hydrogen) atoms. The molecule has 1 N–H and O–H groups in total. The van der Waals surface area contributed by atoms with Crippen molar-refractivity contribution in [2.45, 2.75) is 12.5 Å². The number of hydrogen-bond donors (Lipinski definition) is 1. The molecule has 0 aliphatic heterocycles. The van der Waals surface area contributed by atoms with Crippen molar-refractivity contribution in [3.63, 3.8) is 0 Å². The van der Waals surface area contributed by atoms with Gasteiger partial charge in [-0.15, -0.1) is 11.3 Å². The predicted molar refractivity (Wildman–Crippen MR) is 67.1 cm³/mol. The van der Waals surface area contributed by atoms with Gasteiger partial charge < -0.3 is 5.11 Å². The van der Waals surface area contributed by atoms with Crippen LogP contribution in [0, 0.1) is 5.82 Å². The highest BCUT2D eigenvalue weighted by Gasteiger charge is 2.12. The van der Waals surface area contributed by atoms with E-state index in [9.17, 15) is 9.50 Å². The van der Waals surface area contributed by atoms with E-state index >= 15 is 0 Å². The molecule has 0 spiro atoms. The fourth-order valence-electron chi connectivity index (χ4n) is 1.48. The van der Waals surface area contributed by atoms with Gasteiger partial charge in [0.1, 0.15) is 5.82 Å². The fraction of sp³-hybridized carbons (Fsp3) is 0.167. The molecule has 1 unspecified atom stereocenters. The lowest BCUT2D eigenvalue weighted by molar-refractivity contribution is 0.181. The van der Waals surface area contributed by atoms with Gasteiger partial charge in [-0.2, -0.15) is 0 Å². The maximum Gasteiger partial charge on any atom is 0.126 e. The lowest BCUT2D eigenvalue weighted by atomic mass is 10.1. The quantitative estimate of drug-likeness (QED) is 0.911. The summed E-state index contributed by atoms with van der Waals surface area (Å²) in [7, 11) is 0. The molecule has 0 fully saturated rings. The van der Waals surface area contributed by atoms with Crippen LogP contribution in [0.4, 0.5) is 4.39 Å². The average molecular weight is 301 g/mol. The van der Waals surface area contributed by atoms with Crippen molar-refractivity contribution >= 4 is 27.3 Å². The predicted octanol–water partition coefficient (Wildman–Crippen LogP) is 3.93. The van der Waals surface area contributed by atoms with Crippen LogP contribution in [0.1, 0.15) is 16.5 Å². The molecule has 84 valence electrons. The van der Waals surface area contributed by atoms with Gasteiger partial charge >= 0.3 is 0 Å². The molecule has 4 heteroatoms. The summed E-state index contributed by atoms with van der Waals surface area (Å²) in [6.07, 6.45) is -0.340. The molecule has 1 aromatic heterocycles. The highest BCUT2D eigenvalue weighted by molar-refractivity contribution is 9.10. The van der Waals surface area contributed by atoms with Gasteiger partial charge in [0.15, 0.2) is 0 Å². The summed E-state index contributed by atoms with van der Waals surface area (Å²) >= 11 is 4.79. The second-order valence-corrected chi connectivity index (χ2v) is 5.34. The Balaban J connectivity index is 2.13. The molecule has 2 rings (SSSR count). The number of benzene rings is 1. The minimum atomic E-state index is -0.645. The van der Waals surface area contributed by atoms with Crippen LogP contribution in [-0.4, -0.2) is 5.11 Å². The van der Waals surface area contributed by atoms with Crippen molar-refractivity contribution in [3.05, 3.63) is 56.4 Å². The van der Waals surface area contributed by atoms with Crippen LogP contribution in [0.3, 0.4) is 0 Å². The zero-order valence-corrected chi connectivity index (χ0v) is 10.8. The summed E-state index contributed by atoms with van der Waals surface area (Å²) in [5.74, 6) is -0.267. The number of hydrogen-bond acceptors (Lipinski definition) is 2. The largest absolute Gasteiger partial charge is 0.387 e. The van der Waals surface area contributed by atoms with Crippen molar-refractivity contribution in [1.82, 2.24) is 0 Å². The molecule has 0 aliphatic rings. The van der Waals surface area contributed by atoms with Crippen LogP contribution in [0.2, 0.25) is 0 Å². The highest BCUT2D eigenvalue weighted by Crippen LogP contribution is 2.28. The van der Waals surface area contributed by atoms with Gasteiger partial charge in [-0.3, -0.25) is 0 Å². The Hall–Kier alpha value is -0.710. The first-order chi connectivity index (χ1) is 7.66. The molecule has 0 saturated carbocycles. The van der Waals surface area contributed by atoms with E-state index in [0.717, 1.165) is 9.35 Å². The van der Waals surface area contributed by atoms with Gasteiger partial charge in [-0.25, -0.2) is 4.39 Å². The minimum absolute atomic E-state index is 0.267. The summed E-state index contributed by atoms with van der Waals surface area (Å²) < 4.78 is 14.3. The molecule has 0 bridgehead atoms. The monoisotopic (exact) mass is 300 g/mol. The number of halogens is 2. The molecule has 0 saturated heterocycles. The zero-order valence-electron chi connectivity index (χ0n) is 8.36. The zero-order chi connectivity index (χ0) is 11.5. The molecule has 1 nitrogen and oxygen atoms in total. The molecule has 1 heterocycles. The standard InChI is InChI=1S/C12H10BrFOS/c13-9-6-12(16-7-9)11(15)5-8-3-1-2-4-10(8)14/h1-4,6-7,11,15H,5H2. The summed E-state index contributed by atoms with van der Waals surface area (Å²) in [5, 5.41) is 11.8. The molecule has 1 atom stereocenters. The third kappa shape index (κ3) is 2.70. The molecule has 0 amide bonds. The van der Waals surface area contributed by atoms with E-state index in [1.165, 1.54) is 17.4 Å². The minimum Gasteiger partial charge on any atom is -0.387 e. The second kappa shape index (κ2) is 5.08. The van der Waals surface area contributed by atoms with E-state index in [1.54, 1.807) is 18.2 Å². The van der Waals surface area contributed by atoms with Gasteiger partial charge in [-0.05, 0) is 33.6 Å². The third-order valence-electron chi connectivity index (χ3n) is 2.29. The summed E-state index contributed by atoms with van der Waals surface area (Å²) in [5.41, 5.74) is 0.541. The van der Waals surface area contributed by atoms with Crippen LogP contribution in [-0.2, 0) is 6.42 Å². The SMILES string of the molecule is OC(Cc1ccccc1F)c1cc(Br)cs1. The Morgan fingerprint density at radius 3 is 2.75 bits per heavy atom. The third-order valence-corrected chi connectivity index (χ3v) is 4.08. The summed E-state index contributed by atoms with van der Waals surface area (Å²) in [6.45, 7) is 0. The van der Waals surface area contributed by atoms with Crippen molar-refractivity contribution in [2.24, 2.45) is 0 Å². The normalized spacial score (nSPS) is 12.7. The van der Waals surface area contributed by atoms with Gasteiger partial charge in [0.25, 0.3) is 0 Å². The number of thiophene rings is 1. The molecule has 2 aromatic rings. The van der Waals surface area contributed by atoms with Crippen LogP contribution in [0.15, 0.2) is 40.2 Å². The van der Waals surface area contributed by atoms with Crippen LogP contribution in [0.25, 0.3) is 0 Å². The van der Waals surface area contributed by atoms with E-state index in [1.807, 2.05) is 11.4 Å². The smallest absolute Gasteiger partial charge is 0.126 e. The van der Waals surface area contributed by atoms with E-state index < -0.39 is 6.10 Å². The summed E-state index contributed by atoms with van der Waals surface area (Å²) in [4.78, 5) is 0.843. The number of rotatable bonds is 3. The van der Waals surface area contributed by atoms with Gasteiger partial charge in [0.2, 0.25) is 0 Å². The van der Waals surface area contributed by atoms with Crippen molar-refractivity contribution < 1.29 is 9.50 Å². The Kier molecular flexibility index (Phi) is 3.74. The van der Waals surface area contributed by atoms with E-state index in [2.05, 4.69) is 15.9 Å². The average Bonchev–Trinajstić information content (AvgIpc) is 2.68. The maximum absolute atomic E-state index is 13.4. The maximum atomic E-state index is 13.4. The Morgan fingerprint density at radius 2 is 2.12 bits per heavy atom. The first kappa shape index (κ1) is 11.8. The number of aliphatic hydroxyl groups is 1. The molecule has 0 aliphatic carbocycles. The van der Waals surface area contributed by atoms with Crippen molar-refractivity contribution in [2.75, 3.05) is 0 Å². The first-order valence-corrected chi connectivity index (χ1v) is 6.49. The van der Waals surface area contributed by atoms with Crippen LogP contribution < -0.4 is 0 Å². The Bertz CT molecular complexity index is 483. The summed E-state index contributed by atoms with van der Waals surface area (Å²) in [6, 6.07) is 8.38. The van der Waals surface area contributed by atoms with Crippen molar-refractivity contribution in [3.8, 4) is 0 Å². The topological polar surface area (TPSA) is 20.2 Å². The van der Waals surface area contributed by atoms with Crippen LogP contribution in [0.5, 0.6) is 0 Å². The van der Waals surface area contributed by atoms with E-state index in [4.69, 9.17) is 0 Å². The van der Waals surface area contributed by atoms with Gasteiger partial charge in [0, 0.05) is 21.2 Å². The van der Waals surface area contributed by atoms with Gasteiger partial charge in [0.05, 0.1) is 6.10 Å².